The summed E-state index contributed by atoms with van der Waals surface area (Å²) in [4.78, 5) is 0. The maximum absolute atomic E-state index is 10.7. The molecule has 3 aliphatic rings. The zero-order valence-electron chi connectivity index (χ0n) is 15.2. The number of hydrogen-bond donors (Lipinski definition) is 7. The van der Waals surface area contributed by atoms with Gasteiger partial charge in [-0.25, -0.2) is 0 Å². The lowest BCUT2D eigenvalue weighted by Gasteiger charge is -2.66. The molecule has 3 fully saturated rings. The first-order chi connectivity index (χ1) is 12.2. The summed E-state index contributed by atoms with van der Waals surface area (Å²) in [5.41, 5.74) is -1.15. The molecule has 0 spiro atoms. The summed E-state index contributed by atoms with van der Waals surface area (Å²) in [5.74, 6) is -2.99. The smallest absolute Gasteiger partial charge is 0.0905 e. The number of aliphatic hydroxyl groups is 7. The predicted octanol–water partition coefficient (Wildman–Crippen LogP) is -2.16. The maximum atomic E-state index is 10.7. The molecule has 0 radical (unpaired) electrons. The van der Waals surface area contributed by atoms with Crippen molar-refractivity contribution in [1.29, 1.82) is 0 Å². The minimum absolute atomic E-state index is 0.0755. The average molecular weight is 376 g/mol. The topological polar surface area (TPSA) is 151 Å². The van der Waals surface area contributed by atoms with Gasteiger partial charge in [0.1, 0.15) is 0 Å². The van der Waals surface area contributed by atoms with E-state index >= 15 is 0 Å². The third-order valence-electron chi connectivity index (χ3n) is 7.26. The van der Waals surface area contributed by atoms with E-state index in [0.717, 1.165) is 0 Å². The zero-order chi connectivity index (χ0) is 19.4. The minimum Gasteiger partial charge on any atom is -0.396 e. The molecular weight excluding hydrogens is 344 g/mol. The zero-order valence-corrected chi connectivity index (χ0v) is 15.2. The molecular formula is C18H32O8. The van der Waals surface area contributed by atoms with Crippen LogP contribution in [0.25, 0.3) is 0 Å². The summed E-state index contributed by atoms with van der Waals surface area (Å²) in [6.07, 6.45) is -5.34. The number of ether oxygens (including phenoxy) is 1. The van der Waals surface area contributed by atoms with Crippen LogP contribution in [0.15, 0.2) is 0 Å². The first kappa shape index (κ1) is 20.4. The van der Waals surface area contributed by atoms with Crippen molar-refractivity contribution in [3.8, 4) is 0 Å². The molecule has 0 bridgehead atoms. The highest BCUT2D eigenvalue weighted by Gasteiger charge is 2.69. The molecule has 12 atom stereocenters. The predicted molar refractivity (Wildman–Crippen MR) is 89.8 cm³/mol. The van der Waals surface area contributed by atoms with Crippen molar-refractivity contribution in [2.45, 2.75) is 68.9 Å². The third-order valence-corrected chi connectivity index (χ3v) is 7.26. The summed E-state index contributed by atoms with van der Waals surface area (Å²) < 4.78 is 5.99. The molecule has 1 aliphatic heterocycles. The van der Waals surface area contributed by atoms with Crippen molar-refractivity contribution in [1.82, 2.24) is 0 Å². The second kappa shape index (κ2) is 7.25. The summed E-state index contributed by atoms with van der Waals surface area (Å²) in [5, 5.41) is 72.0. The third kappa shape index (κ3) is 2.74. The van der Waals surface area contributed by atoms with Gasteiger partial charge in [-0.3, -0.25) is 0 Å². The molecule has 8 nitrogen and oxygen atoms in total. The van der Waals surface area contributed by atoms with E-state index in [4.69, 9.17) is 4.74 Å². The minimum atomic E-state index is -1.27. The van der Waals surface area contributed by atoms with Crippen molar-refractivity contribution in [3.05, 3.63) is 0 Å². The fraction of sp³-hybridized carbons (Fsp3) is 1.00. The van der Waals surface area contributed by atoms with Crippen molar-refractivity contribution in [2.24, 2.45) is 29.6 Å². The van der Waals surface area contributed by atoms with Gasteiger partial charge >= 0.3 is 0 Å². The first-order valence-corrected chi connectivity index (χ1v) is 9.52. The van der Waals surface area contributed by atoms with Gasteiger partial charge in [0.25, 0.3) is 0 Å². The molecule has 2 saturated carbocycles. The van der Waals surface area contributed by atoms with Gasteiger partial charge in [0.2, 0.25) is 0 Å². The van der Waals surface area contributed by atoms with Crippen molar-refractivity contribution in [2.75, 3.05) is 13.2 Å². The van der Waals surface area contributed by atoms with E-state index < -0.39 is 71.8 Å². The normalized spacial score (nSPS) is 57.3. The van der Waals surface area contributed by atoms with Crippen LogP contribution in [-0.2, 0) is 4.74 Å². The Morgan fingerprint density at radius 1 is 0.846 bits per heavy atom. The maximum Gasteiger partial charge on any atom is 0.0905 e. The molecule has 1 heterocycles. The first-order valence-electron chi connectivity index (χ1n) is 9.52. The fourth-order valence-electron chi connectivity index (χ4n) is 5.81. The van der Waals surface area contributed by atoms with E-state index in [-0.39, 0.29) is 19.6 Å². The Labute approximate surface area is 153 Å². The van der Waals surface area contributed by atoms with E-state index in [0.29, 0.717) is 6.42 Å². The van der Waals surface area contributed by atoms with Gasteiger partial charge in [-0.2, -0.15) is 0 Å². The van der Waals surface area contributed by atoms with E-state index in [9.17, 15) is 35.7 Å². The Morgan fingerprint density at radius 3 is 2.04 bits per heavy atom. The largest absolute Gasteiger partial charge is 0.396 e. The second-order valence-electron chi connectivity index (χ2n) is 8.44. The van der Waals surface area contributed by atoms with Gasteiger partial charge < -0.3 is 40.5 Å². The molecule has 8 heteroatoms. The van der Waals surface area contributed by atoms with Crippen LogP contribution in [-0.4, -0.2) is 91.2 Å². The molecule has 1 saturated heterocycles. The van der Waals surface area contributed by atoms with Crippen LogP contribution in [0.5, 0.6) is 0 Å². The number of hydrogen-bond acceptors (Lipinski definition) is 8. The average Bonchev–Trinajstić information content (AvgIpc) is 2.60. The van der Waals surface area contributed by atoms with Crippen molar-refractivity contribution < 1.29 is 40.5 Å². The molecule has 26 heavy (non-hydrogen) atoms. The Hall–Kier alpha value is -0.320. The highest BCUT2D eigenvalue weighted by Crippen LogP contribution is 2.57. The van der Waals surface area contributed by atoms with Crippen LogP contribution in [0, 0.1) is 29.6 Å². The lowest BCUT2D eigenvalue weighted by molar-refractivity contribution is -0.374. The molecule has 152 valence electrons. The van der Waals surface area contributed by atoms with Crippen molar-refractivity contribution in [3.63, 3.8) is 0 Å². The van der Waals surface area contributed by atoms with Crippen LogP contribution >= 0.6 is 0 Å². The van der Waals surface area contributed by atoms with E-state index in [1.807, 2.05) is 6.92 Å². The van der Waals surface area contributed by atoms with Gasteiger partial charge in [-0.05, 0) is 19.8 Å². The SMILES string of the molecule is CCC1C(O)C(CO)C2C(OC2(C)C2C(O)C(CO)C[C@@H](O)C2O)C1O. The quantitative estimate of drug-likeness (QED) is 0.293. The number of aliphatic hydroxyl groups excluding tert-OH is 7. The Balaban J connectivity index is 1.93. The summed E-state index contributed by atoms with van der Waals surface area (Å²) in [6.45, 7) is 2.88. The summed E-state index contributed by atoms with van der Waals surface area (Å²) in [7, 11) is 0. The Bertz CT molecular complexity index is 504. The van der Waals surface area contributed by atoms with Gasteiger partial charge in [0.15, 0.2) is 0 Å². The number of fused-ring (bicyclic) bond motifs is 1. The monoisotopic (exact) mass is 376 g/mol. The molecule has 0 aromatic rings. The van der Waals surface area contributed by atoms with Crippen LogP contribution in [0.2, 0.25) is 0 Å². The highest BCUT2D eigenvalue weighted by molar-refractivity contribution is 5.16. The number of rotatable bonds is 4. The van der Waals surface area contributed by atoms with Crippen LogP contribution in [0.1, 0.15) is 26.7 Å². The molecule has 2 aliphatic carbocycles. The summed E-state index contributed by atoms with van der Waals surface area (Å²) >= 11 is 0. The van der Waals surface area contributed by atoms with Gasteiger partial charge in [-0.15, -0.1) is 0 Å². The molecule has 3 rings (SSSR count). The molecule has 0 aromatic heterocycles. The Morgan fingerprint density at radius 2 is 1.50 bits per heavy atom. The molecule has 0 amide bonds. The fourth-order valence-corrected chi connectivity index (χ4v) is 5.81. The summed E-state index contributed by atoms with van der Waals surface area (Å²) in [6, 6.07) is 0. The van der Waals surface area contributed by atoms with Crippen molar-refractivity contribution >= 4 is 0 Å². The highest BCUT2D eigenvalue weighted by atomic mass is 16.6. The molecule has 11 unspecified atom stereocenters. The van der Waals surface area contributed by atoms with E-state index in [1.54, 1.807) is 6.92 Å². The lowest BCUT2D eigenvalue weighted by atomic mass is 9.53. The Kier molecular flexibility index (Phi) is 5.70. The van der Waals surface area contributed by atoms with Crippen LogP contribution in [0.3, 0.4) is 0 Å². The second-order valence-corrected chi connectivity index (χ2v) is 8.44. The van der Waals surface area contributed by atoms with Gasteiger partial charge in [0, 0.05) is 42.8 Å². The van der Waals surface area contributed by atoms with E-state index in [1.165, 1.54) is 0 Å². The van der Waals surface area contributed by atoms with Gasteiger partial charge in [-0.1, -0.05) is 6.92 Å². The molecule has 7 N–H and O–H groups in total. The lowest BCUT2D eigenvalue weighted by Crippen LogP contribution is -2.77. The van der Waals surface area contributed by atoms with Crippen LogP contribution < -0.4 is 0 Å². The standard InChI is InChI=1S/C18H32O8/c1-3-8-14(23)9(6-20)11-17(15(8)24)26-18(11,2)12-13(22)7(5-19)4-10(21)16(12)25/h7-17,19-25H,3-6H2,1-2H3/t7?,8?,9?,10-,11?,12?,13?,14?,15?,16?,17?,18?/m1/s1. The van der Waals surface area contributed by atoms with E-state index in [2.05, 4.69) is 0 Å². The van der Waals surface area contributed by atoms with Crippen LogP contribution in [0.4, 0.5) is 0 Å². The molecule has 0 aromatic carbocycles. The van der Waals surface area contributed by atoms with Gasteiger partial charge in [0.05, 0.1) is 42.2 Å².